The predicted molar refractivity (Wildman–Crippen MR) is 130 cm³/mol. The van der Waals surface area contributed by atoms with Gasteiger partial charge in [0.15, 0.2) is 4.80 Å². The van der Waals surface area contributed by atoms with Gasteiger partial charge < -0.3 is 9.47 Å². The molecule has 33 heavy (non-hydrogen) atoms. The fourth-order valence-corrected chi connectivity index (χ4v) is 5.10. The number of nitrogens with zero attached hydrogens (tertiary/aromatic N) is 2. The zero-order valence-electron chi connectivity index (χ0n) is 17.9. The summed E-state index contributed by atoms with van der Waals surface area (Å²) < 4.78 is 12.3. The summed E-state index contributed by atoms with van der Waals surface area (Å²) in [6.07, 6.45) is 1.76. The highest BCUT2D eigenvalue weighted by atomic mass is 35.5. The van der Waals surface area contributed by atoms with Crippen LogP contribution in [0.15, 0.2) is 69.6 Å². The molecule has 0 saturated carbocycles. The molecule has 0 spiro atoms. The van der Waals surface area contributed by atoms with Crippen LogP contribution in [-0.4, -0.2) is 30.9 Å². The van der Waals surface area contributed by atoms with Gasteiger partial charge >= 0.3 is 5.97 Å². The van der Waals surface area contributed by atoms with Gasteiger partial charge in [0.2, 0.25) is 0 Å². The maximum Gasteiger partial charge on any atom is 0.338 e. The highest BCUT2D eigenvalue weighted by molar-refractivity contribution is 7.07. The van der Waals surface area contributed by atoms with Gasteiger partial charge in [-0.3, -0.25) is 9.36 Å². The van der Waals surface area contributed by atoms with Crippen LogP contribution < -0.4 is 14.9 Å². The molecule has 0 aliphatic carbocycles. The molecule has 0 bridgehead atoms. The molecule has 0 radical (unpaired) electrons. The third-order valence-electron chi connectivity index (χ3n) is 5.11. The molecule has 1 aromatic heterocycles. The molecule has 0 fully saturated rings. The van der Waals surface area contributed by atoms with Crippen molar-refractivity contribution >= 4 is 46.6 Å². The maximum absolute atomic E-state index is 13.5. The summed E-state index contributed by atoms with van der Waals surface area (Å²) in [5.74, 6) is -0.567. The molecular formula is C24H20Cl2N2O4S. The van der Waals surface area contributed by atoms with E-state index in [-0.39, 0.29) is 24.3 Å². The minimum Gasteiger partial charge on any atom is -0.460 e. The van der Waals surface area contributed by atoms with Gasteiger partial charge in [-0.25, -0.2) is 9.79 Å². The van der Waals surface area contributed by atoms with E-state index in [0.717, 1.165) is 5.56 Å². The van der Waals surface area contributed by atoms with E-state index < -0.39 is 12.0 Å². The number of esters is 1. The number of halogens is 2. The number of carbonyl (C=O) groups excluding carboxylic acids is 1. The van der Waals surface area contributed by atoms with E-state index in [9.17, 15) is 9.59 Å². The Kier molecular flexibility index (Phi) is 7.14. The van der Waals surface area contributed by atoms with Crippen molar-refractivity contribution in [2.75, 3.05) is 20.3 Å². The molecule has 6 nitrogen and oxygen atoms in total. The number of ether oxygens (including phenoxy) is 2. The molecule has 1 aliphatic rings. The Bertz CT molecular complexity index is 1420. The van der Waals surface area contributed by atoms with Crippen LogP contribution in [0.2, 0.25) is 10.0 Å². The van der Waals surface area contributed by atoms with E-state index in [0.29, 0.717) is 30.6 Å². The summed E-state index contributed by atoms with van der Waals surface area (Å²) in [4.78, 5) is 31.6. The molecule has 170 valence electrons. The lowest BCUT2D eigenvalue weighted by Gasteiger charge is -2.25. The SMILES string of the molecule is COCCOC(=O)C1=C(C)N=c2sc(=Cc3cccc(Cl)c3)c(=O)n2C1c1ccccc1Cl. The van der Waals surface area contributed by atoms with E-state index in [1.165, 1.54) is 23.0 Å². The number of fused-ring (bicyclic) bond motifs is 1. The number of carbonyl (C=O) groups is 1. The fourth-order valence-electron chi connectivity index (χ4n) is 3.62. The lowest BCUT2D eigenvalue weighted by molar-refractivity contribution is -0.140. The Balaban J connectivity index is 1.91. The first kappa shape index (κ1) is 23.4. The van der Waals surface area contributed by atoms with Gasteiger partial charge in [-0.15, -0.1) is 0 Å². The van der Waals surface area contributed by atoms with E-state index in [2.05, 4.69) is 4.99 Å². The molecule has 0 saturated heterocycles. The van der Waals surface area contributed by atoms with Crippen molar-refractivity contribution in [3.63, 3.8) is 0 Å². The summed E-state index contributed by atoms with van der Waals surface area (Å²) in [7, 11) is 1.52. The van der Waals surface area contributed by atoms with Crippen LogP contribution in [0.25, 0.3) is 6.08 Å². The molecule has 1 aliphatic heterocycles. The smallest absolute Gasteiger partial charge is 0.338 e. The first-order valence-electron chi connectivity index (χ1n) is 10.1. The minimum absolute atomic E-state index is 0.0839. The van der Waals surface area contributed by atoms with E-state index in [1.54, 1.807) is 43.3 Å². The van der Waals surface area contributed by atoms with Crippen LogP contribution >= 0.6 is 34.5 Å². The molecule has 4 rings (SSSR count). The number of methoxy groups -OCH3 is 1. The molecule has 3 aromatic rings. The molecule has 2 aromatic carbocycles. The quantitative estimate of drug-likeness (QED) is 0.380. The summed E-state index contributed by atoms with van der Waals surface area (Å²) in [6.45, 7) is 2.07. The average molecular weight is 503 g/mol. The van der Waals surface area contributed by atoms with Crippen molar-refractivity contribution in [2.24, 2.45) is 4.99 Å². The van der Waals surface area contributed by atoms with Crippen LogP contribution in [-0.2, 0) is 14.3 Å². The van der Waals surface area contributed by atoms with Crippen molar-refractivity contribution in [1.82, 2.24) is 4.57 Å². The Hall–Kier alpha value is -2.71. The van der Waals surface area contributed by atoms with Crippen LogP contribution in [0.4, 0.5) is 0 Å². The zero-order chi connectivity index (χ0) is 23.5. The minimum atomic E-state index is -0.772. The summed E-state index contributed by atoms with van der Waals surface area (Å²) in [5, 5.41) is 1.01. The first-order valence-corrected chi connectivity index (χ1v) is 11.7. The highest BCUT2D eigenvalue weighted by Gasteiger charge is 2.34. The lowest BCUT2D eigenvalue weighted by atomic mass is 9.96. The number of hydrogen-bond acceptors (Lipinski definition) is 6. The molecule has 2 heterocycles. The van der Waals surface area contributed by atoms with E-state index in [1.807, 2.05) is 18.2 Å². The van der Waals surface area contributed by atoms with Crippen molar-refractivity contribution < 1.29 is 14.3 Å². The van der Waals surface area contributed by atoms with Crippen molar-refractivity contribution in [2.45, 2.75) is 13.0 Å². The standard InChI is InChI=1S/C24H20Cl2N2O4S/c1-14-20(23(30)32-11-10-31-2)21(17-8-3-4-9-18(17)26)28-22(29)19(33-24(28)27-14)13-15-6-5-7-16(25)12-15/h3-9,12-13,21H,10-11H2,1-2H3. The lowest BCUT2D eigenvalue weighted by Crippen LogP contribution is -2.40. The third kappa shape index (κ3) is 4.82. The molecule has 1 atom stereocenters. The number of allylic oxidation sites excluding steroid dienone is 1. The average Bonchev–Trinajstić information content (AvgIpc) is 3.08. The number of benzene rings is 2. The van der Waals surface area contributed by atoms with E-state index >= 15 is 0 Å². The maximum atomic E-state index is 13.5. The Morgan fingerprint density at radius 1 is 1.18 bits per heavy atom. The predicted octanol–water partition coefficient (Wildman–Crippen LogP) is 3.73. The van der Waals surface area contributed by atoms with Crippen LogP contribution in [0.5, 0.6) is 0 Å². The molecule has 9 heteroatoms. The molecular weight excluding hydrogens is 483 g/mol. The largest absolute Gasteiger partial charge is 0.460 e. The van der Waals surface area contributed by atoms with Gasteiger partial charge in [0.05, 0.1) is 22.4 Å². The molecule has 1 unspecified atom stereocenters. The van der Waals surface area contributed by atoms with Gasteiger partial charge in [0, 0.05) is 17.2 Å². The Morgan fingerprint density at radius 3 is 2.70 bits per heavy atom. The van der Waals surface area contributed by atoms with Crippen LogP contribution in [0.1, 0.15) is 24.1 Å². The second-order valence-corrected chi connectivity index (χ2v) is 9.14. The second kappa shape index (κ2) is 10.1. The highest BCUT2D eigenvalue weighted by Crippen LogP contribution is 2.34. The third-order valence-corrected chi connectivity index (χ3v) is 6.67. The summed E-state index contributed by atoms with van der Waals surface area (Å²) in [5.41, 5.74) is 1.86. The Morgan fingerprint density at radius 2 is 1.97 bits per heavy atom. The van der Waals surface area contributed by atoms with Crippen LogP contribution in [0.3, 0.4) is 0 Å². The van der Waals surface area contributed by atoms with Gasteiger partial charge in [-0.05, 0) is 42.3 Å². The van der Waals surface area contributed by atoms with Gasteiger partial charge in [0.25, 0.3) is 5.56 Å². The monoisotopic (exact) mass is 502 g/mol. The first-order chi connectivity index (χ1) is 15.9. The summed E-state index contributed by atoms with van der Waals surface area (Å²) >= 11 is 13.9. The van der Waals surface area contributed by atoms with Gasteiger partial charge in [-0.2, -0.15) is 0 Å². The molecule has 0 amide bonds. The number of aromatic nitrogens is 1. The summed E-state index contributed by atoms with van der Waals surface area (Å²) in [6, 6.07) is 13.6. The second-order valence-electron chi connectivity index (χ2n) is 7.29. The normalized spacial score (nSPS) is 15.9. The topological polar surface area (TPSA) is 69.9 Å². The van der Waals surface area contributed by atoms with Gasteiger partial charge in [-0.1, -0.05) is 64.9 Å². The molecule has 0 N–H and O–H groups in total. The van der Waals surface area contributed by atoms with Gasteiger partial charge in [0.1, 0.15) is 12.6 Å². The number of hydrogen-bond donors (Lipinski definition) is 0. The Labute approximate surface area is 204 Å². The van der Waals surface area contributed by atoms with Crippen molar-refractivity contribution in [3.05, 3.63) is 101 Å². The fraction of sp³-hybridized carbons (Fsp3) is 0.208. The van der Waals surface area contributed by atoms with E-state index in [4.69, 9.17) is 32.7 Å². The number of rotatable bonds is 6. The van der Waals surface area contributed by atoms with Crippen molar-refractivity contribution in [1.29, 1.82) is 0 Å². The van der Waals surface area contributed by atoms with Crippen molar-refractivity contribution in [3.8, 4) is 0 Å². The van der Waals surface area contributed by atoms with Crippen LogP contribution in [0, 0.1) is 0 Å². The zero-order valence-corrected chi connectivity index (χ0v) is 20.2. The number of thiazole rings is 1.